The number of benzene rings is 1. The Labute approximate surface area is 119 Å². The topological polar surface area (TPSA) is 128 Å². The highest BCUT2D eigenvalue weighted by Gasteiger charge is 2.19. The van der Waals surface area contributed by atoms with E-state index < -0.39 is 27.3 Å². The molecular formula is C10H5FN4O5S. The van der Waals surface area contributed by atoms with Crippen LogP contribution in [0.5, 0.6) is 0 Å². The third-order valence-corrected chi connectivity index (χ3v) is 3.16. The third kappa shape index (κ3) is 3.14. The van der Waals surface area contributed by atoms with Gasteiger partial charge in [0, 0.05) is 11.6 Å². The number of thiazole rings is 1. The highest BCUT2D eigenvalue weighted by atomic mass is 32.1. The molecule has 2 rings (SSSR count). The normalized spacial score (nSPS) is 10.1. The zero-order chi connectivity index (χ0) is 15.6. The number of aromatic nitrogens is 1. The molecule has 9 nitrogen and oxygen atoms in total. The average molecular weight is 312 g/mol. The number of amides is 1. The molecule has 0 aliphatic rings. The lowest BCUT2D eigenvalue weighted by Gasteiger charge is -2.01. The second-order valence-corrected chi connectivity index (χ2v) is 4.65. The summed E-state index contributed by atoms with van der Waals surface area (Å²) < 4.78 is 13.1. The first-order chi connectivity index (χ1) is 9.88. The molecule has 0 aliphatic carbocycles. The number of halogens is 1. The number of carbonyl (C=O) groups is 1. The molecule has 0 aliphatic heterocycles. The van der Waals surface area contributed by atoms with Crippen LogP contribution in [-0.2, 0) is 0 Å². The highest BCUT2D eigenvalue weighted by Crippen LogP contribution is 2.26. The van der Waals surface area contributed by atoms with E-state index in [0.29, 0.717) is 11.3 Å². The highest BCUT2D eigenvalue weighted by molar-refractivity contribution is 7.18. The first-order valence-electron chi connectivity index (χ1n) is 5.24. The summed E-state index contributed by atoms with van der Waals surface area (Å²) >= 11 is 0.628. The van der Waals surface area contributed by atoms with Crippen molar-refractivity contribution in [1.82, 2.24) is 4.98 Å². The van der Waals surface area contributed by atoms with Gasteiger partial charge in [0.15, 0.2) is 5.13 Å². The minimum atomic E-state index is -1.07. The fraction of sp³-hybridized carbons (Fsp3) is 0. The summed E-state index contributed by atoms with van der Waals surface area (Å²) in [4.78, 5) is 34.9. The molecule has 0 unspecified atom stereocenters. The van der Waals surface area contributed by atoms with Crippen molar-refractivity contribution in [3.8, 4) is 0 Å². The maximum absolute atomic E-state index is 13.1. The zero-order valence-electron chi connectivity index (χ0n) is 9.98. The molecule has 108 valence electrons. The van der Waals surface area contributed by atoms with Crippen LogP contribution in [0.25, 0.3) is 0 Å². The quantitative estimate of drug-likeness (QED) is 0.681. The minimum absolute atomic E-state index is 0.0429. The summed E-state index contributed by atoms with van der Waals surface area (Å²) in [6.07, 6.45) is 0.966. The minimum Gasteiger partial charge on any atom is -0.298 e. The number of carbonyl (C=O) groups excluding carboxylic acids is 1. The first-order valence-corrected chi connectivity index (χ1v) is 6.05. The number of nitro benzene ring substituents is 1. The van der Waals surface area contributed by atoms with Crippen molar-refractivity contribution in [2.45, 2.75) is 0 Å². The van der Waals surface area contributed by atoms with E-state index in [4.69, 9.17) is 0 Å². The van der Waals surface area contributed by atoms with Gasteiger partial charge in [0.2, 0.25) is 5.82 Å². The van der Waals surface area contributed by atoms with E-state index in [2.05, 4.69) is 10.3 Å². The largest absolute Gasteiger partial charge is 0.345 e. The molecule has 2 aromatic rings. The predicted molar refractivity (Wildman–Crippen MR) is 69.8 cm³/mol. The van der Waals surface area contributed by atoms with Crippen LogP contribution >= 0.6 is 11.3 Å². The van der Waals surface area contributed by atoms with Gasteiger partial charge in [0.1, 0.15) is 6.20 Å². The van der Waals surface area contributed by atoms with Gasteiger partial charge < -0.3 is 0 Å². The van der Waals surface area contributed by atoms with E-state index in [1.807, 2.05) is 0 Å². The maximum Gasteiger partial charge on any atom is 0.345 e. The molecule has 0 saturated carbocycles. The van der Waals surface area contributed by atoms with Crippen molar-refractivity contribution in [3.05, 3.63) is 56.0 Å². The van der Waals surface area contributed by atoms with Gasteiger partial charge in [-0.2, -0.15) is 4.39 Å². The molecule has 0 fully saturated rings. The molecule has 1 aromatic carbocycles. The van der Waals surface area contributed by atoms with Crippen LogP contribution in [0.15, 0.2) is 24.4 Å². The SMILES string of the molecule is O=C(Nc1ncc([N+](=O)[O-])s1)c1ccc(F)c([N+](=O)[O-])c1. The van der Waals surface area contributed by atoms with Gasteiger partial charge in [-0.25, -0.2) is 4.98 Å². The number of hydrogen-bond acceptors (Lipinski definition) is 7. The fourth-order valence-electron chi connectivity index (χ4n) is 1.37. The maximum atomic E-state index is 13.1. The van der Waals surface area contributed by atoms with Crippen LogP contribution in [0.3, 0.4) is 0 Å². The van der Waals surface area contributed by atoms with Gasteiger partial charge in [0.25, 0.3) is 5.91 Å². The van der Waals surface area contributed by atoms with Crippen LogP contribution in [0, 0.1) is 26.0 Å². The van der Waals surface area contributed by atoms with Crippen molar-refractivity contribution < 1.29 is 19.0 Å². The summed E-state index contributed by atoms with van der Waals surface area (Å²) in [6.45, 7) is 0. The molecule has 0 spiro atoms. The van der Waals surface area contributed by atoms with Crippen LogP contribution in [0.1, 0.15) is 10.4 Å². The number of nitrogens with one attached hydrogen (secondary N) is 1. The van der Waals surface area contributed by atoms with Crippen LogP contribution in [-0.4, -0.2) is 20.7 Å². The van der Waals surface area contributed by atoms with Crippen LogP contribution in [0.4, 0.5) is 20.2 Å². The van der Waals surface area contributed by atoms with E-state index in [0.717, 1.165) is 24.4 Å². The molecule has 0 bridgehead atoms. The lowest BCUT2D eigenvalue weighted by atomic mass is 10.2. The molecule has 0 radical (unpaired) electrons. The lowest BCUT2D eigenvalue weighted by molar-refractivity contribution is -0.387. The van der Waals surface area contributed by atoms with Crippen LogP contribution in [0.2, 0.25) is 0 Å². The van der Waals surface area contributed by atoms with Crippen molar-refractivity contribution >= 4 is 33.1 Å². The van der Waals surface area contributed by atoms with Crippen molar-refractivity contribution in [2.24, 2.45) is 0 Å². The average Bonchev–Trinajstić information content (AvgIpc) is 2.87. The van der Waals surface area contributed by atoms with Gasteiger partial charge in [-0.05, 0) is 23.5 Å². The van der Waals surface area contributed by atoms with Gasteiger partial charge in [-0.1, -0.05) is 0 Å². The van der Waals surface area contributed by atoms with Gasteiger partial charge in [0.05, 0.1) is 9.85 Å². The van der Waals surface area contributed by atoms with E-state index in [9.17, 15) is 29.4 Å². The first kappa shape index (κ1) is 14.5. The molecule has 11 heteroatoms. The number of hydrogen-bond donors (Lipinski definition) is 1. The summed E-state index contributed by atoms with van der Waals surface area (Å²) in [6, 6.07) is 2.61. The predicted octanol–water partition coefficient (Wildman–Crippen LogP) is 2.35. The van der Waals surface area contributed by atoms with Gasteiger partial charge >= 0.3 is 10.7 Å². The van der Waals surface area contributed by atoms with Crippen molar-refractivity contribution in [3.63, 3.8) is 0 Å². The molecule has 0 saturated heterocycles. The smallest absolute Gasteiger partial charge is 0.298 e. The molecule has 0 atom stereocenters. The Bertz CT molecular complexity index is 747. The number of rotatable bonds is 4. The Morgan fingerprint density at radius 2 is 2.00 bits per heavy atom. The Morgan fingerprint density at radius 3 is 2.57 bits per heavy atom. The second kappa shape index (κ2) is 5.58. The summed E-state index contributed by atoms with van der Waals surface area (Å²) in [5.41, 5.74) is -1.01. The van der Waals surface area contributed by atoms with Gasteiger partial charge in [-0.3, -0.25) is 30.3 Å². The molecule has 1 N–H and O–H groups in total. The third-order valence-electron chi connectivity index (χ3n) is 2.30. The number of nitro groups is 2. The number of nitrogens with zero attached hydrogens (tertiary/aromatic N) is 3. The Balaban J connectivity index is 2.22. The van der Waals surface area contributed by atoms with Crippen molar-refractivity contribution in [1.29, 1.82) is 0 Å². The second-order valence-electron chi connectivity index (χ2n) is 3.64. The zero-order valence-corrected chi connectivity index (χ0v) is 10.8. The van der Waals surface area contributed by atoms with Crippen LogP contribution < -0.4 is 5.32 Å². The van der Waals surface area contributed by atoms with Gasteiger partial charge in [-0.15, -0.1) is 0 Å². The van der Waals surface area contributed by atoms with E-state index in [1.54, 1.807) is 0 Å². The fourth-order valence-corrected chi connectivity index (χ4v) is 2.00. The molecular weight excluding hydrogens is 307 g/mol. The molecule has 1 aromatic heterocycles. The van der Waals surface area contributed by atoms with Crippen molar-refractivity contribution in [2.75, 3.05) is 5.32 Å². The lowest BCUT2D eigenvalue weighted by Crippen LogP contribution is -2.12. The Kier molecular flexibility index (Phi) is 3.84. The number of anilines is 1. The standard InChI is InChI=1S/C10H5FN4O5S/c11-6-2-1-5(3-7(6)14(17)18)9(16)13-10-12-4-8(21-10)15(19)20/h1-4H,(H,12,13,16). The summed E-state index contributed by atoms with van der Waals surface area (Å²) in [5, 5.41) is 23.0. The molecule has 21 heavy (non-hydrogen) atoms. The monoisotopic (exact) mass is 312 g/mol. The molecule has 1 heterocycles. The summed E-state index contributed by atoms with van der Waals surface area (Å²) in [5.74, 6) is -1.86. The van der Waals surface area contributed by atoms with E-state index in [-0.39, 0.29) is 15.7 Å². The van der Waals surface area contributed by atoms with E-state index in [1.165, 1.54) is 0 Å². The Hall–Kier alpha value is -2.95. The summed E-state index contributed by atoms with van der Waals surface area (Å²) in [7, 11) is 0. The van der Waals surface area contributed by atoms with E-state index >= 15 is 0 Å². The Morgan fingerprint density at radius 1 is 1.29 bits per heavy atom. The molecule has 1 amide bonds.